The first-order valence-corrected chi connectivity index (χ1v) is 11.1. The number of H-pyrrole nitrogens is 1. The molecular weight excluding hydrogens is 448 g/mol. The number of aromatic nitrogens is 4. The number of carbonyl (C=O) groups is 2. The van der Waals surface area contributed by atoms with E-state index in [0.717, 1.165) is 25.2 Å². The van der Waals surface area contributed by atoms with Crippen LogP contribution in [-0.2, 0) is 16.0 Å². The van der Waals surface area contributed by atoms with Crippen LogP contribution in [0.5, 0.6) is 0 Å². The fourth-order valence-electron chi connectivity index (χ4n) is 5.25. The van der Waals surface area contributed by atoms with Crippen molar-refractivity contribution in [3.8, 4) is 11.4 Å². The summed E-state index contributed by atoms with van der Waals surface area (Å²) in [5, 5.41) is 9.63. The van der Waals surface area contributed by atoms with Crippen molar-refractivity contribution in [3.63, 3.8) is 0 Å². The lowest BCUT2D eigenvalue weighted by Gasteiger charge is -2.39. The van der Waals surface area contributed by atoms with Gasteiger partial charge in [0.25, 0.3) is 0 Å². The van der Waals surface area contributed by atoms with Crippen molar-refractivity contribution in [2.45, 2.75) is 50.7 Å². The zero-order valence-corrected chi connectivity index (χ0v) is 18.4. The summed E-state index contributed by atoms with van der Waals surface area (Å²) in [5.74, 6) is -1.91. The van der Waals surface area contributed by atoms with Crippen molar-refractivity contribution in [1.29, 1.82) is 0 Å². The van der Waals surface area contributed by atoms with Crippen LogP contribution in [0, 0.1) is 17.6 Å². The van der Waals surface area contributed by atoms with Crippen molar-refractivity contribution in [1.82, 2.24) is 24.8 Å². The number of aromatic amines is 1. The van der Waals surface area contributed by atoms with Gasteiger partial charge in [-0.25, -0.2) is 28.5 Å². The van der Waals surface area contributed by atoms with Gasteiger partial charge < -0.3 is 14.8 Å². The van der Waals surface area contributed by atoms with Gasteiger partial charge in [-0.3, -0.25) is 9.69 Å². The highest BCUT2D eigenvalue weighted by molar-refractivity contribution is 5.91. The second-order valence-electron chi connectivity index (χ2n) is 9.04. The third-order valence-electron chi connectivity index (χ3n) is 6.94. The molecule has 2 fully saturated rings. The number of hydrogen-bond acceptors (Lipinski definition) is 6. The zero-order chi connectivity index (χ0) is 24.0. The highest BCUT2D eigenvalue weighted by Gasteiger charge is 2.53. The van der Waals surface area contributed by atoms with Crippen LogP contribution in [0.2, 0.25) is 0 Å². The summed E-state index contributed by atoms with van der Waals surface area (Å²) >= 11 is 0. The molecule has 0 radical (unpaired) electrons. The smallest absolute Gasteiger partial charge is 0.411 e. The summed E-state index contributed by atoms with van der Waals surface area (Å²) in [6, 6.07) is 0.919. The first-order chi connectivity index (χ1) is 16.3. The Morgan fingerprint density at radius 2 is 2.18 bits per heavy atom. The summed E-state index contributed by atoms with van der Waals surface area (Å²) < 4.78 is 34.1. The molecule has 178 valence electrons. The molecule has 1 saturated heterocycles. The van der Waals surface area contributed by atoms with Crippen molar-refractivity contribution >= 4 is 23.1 Å². The van der Waals surface area contributed by atoms with Gasteiger partial charge in [-0.05, 0) is 51.0 Å². The number of pyridine rings is 1. The van der Waals surface area contributed by atoms with Gasteiger partial charge in [0.2, 0.25) is 0 Å². The SMILES string of the molecule is CC1N(CC(=O)O)C(=O)O[C@]12CCC[C@H](Cc1nc(-c3c[nH]c4ncc(F)cc34)ncc1F)C2. The second-order valence-corrected chi connectivity index (χ2v) is 9.04. The van der Waals surface area contributed by atoms with Crippen LogP contribution in [0.25, 0.3) is 22.4 Å². The van der Waals surface area contributed by atoms with E-state index in [4.69, 9.17) is 9.84 Å². The molecule has 0 aromatic carbocycles. The summed E-state index contributed by atoms with van der Waals surface area (Å²) in [6.45, 7) is 1.38. The van der Waals surface area contributed by atoms with Gasteiger partial charge in [-0.2, -0.15) is 0 Å². The van der Waals surface area contributed by atoms with E-state index in [1.165, 1.54) is 11.0 Å². The van der Waals surface area contributed by atoms with E-state index in [2.05, 4.69) is 19.9 Å². The molecule has 1 aliphatic carbocycles. The van der Waals surface area contributed by atoms with Gasteiger partial charge in [-0.1, -0.05) is 0 Å². The number of carbonyl (C=O) groups excluding carboxylic acids is 1. The number of carboxylic acid groups (broad SMARTS) is 1. The van der Waals surface area contributed by atoms with Gasteiger partial charge in [-0.15, -0.1) is 0 Å². The number of nitrogens with zero attached hydrogens (tertiary/aromatic N) is 4. The minimum atomic E-state index is -1.10. The summed E-state index contributed by atoms with van der Waals surface area (Å²) in [5.41, 5.74) is 0.418. The first-order valence-electron chi connectivity index (χ1n) is 11.1. The molecular formula is C23H23F2N5O4. The van der Waals surface area contributed by atoms with Gasteiger partial charge in [0.15, 0.2) is 11.6 Å². The van der Waals surface area contributed by atoms with Crippen LogP contribution in [-0.4, -0.2) is 60.2 Å². The van der Waals surface area contributed by atoms with E-state index >= 15 is 0 Å². The van der Waals surface area contributed by atoms with Gasteiger partial charge in [0, 0.05) is 17.1 Å². The molecule has 3 aromatic rings. The summed E-state index contributed by atoms with van der Waals surface area (Å²) in [6.07, 6.45) is 6.16. The van der Waals surface area contributed by atoms with Crippen LogP contribution < -0.4 is 0 Å². The van der Waals surface area contributed by atoms with E-state index in [1.807, 2.05) is 0 Å². The molecule has 34 heavy (non-hydrogen) atoms. The van der Waals surface area contributed by atoms with Crippen LogP contribution in [0.3, 0.4) is 0 Å². The Morgan fingerprint density at radius 1 is 1.35 bits per heavy atom. The Hall–Kier alpha value is -3.63. The standard InChI is InChI=1S/C23H23F2N5O4/c1-12-23(34-22(33)30(12)11-19(31)32)4-2-3-13(7-23)5-18-17(25)10-28-21(29-18)16-9-27-20-15(16)6-14(24)8-26-20/h6,8-10,12-13H,2-5,7,11H2,1H3,(H,26,27)(H,31,32)/t12?,13-,23+/m1/s1. The molecule has 9 nitrogen and oxygen atoms in total. The highest BCUT2D eigenvalue weighted by atomic mass is 19.1. The van der Waals surface area contributed by atoms with Crippen molar-refractivity contribution < 1.29 is 28.2 Å². The normalized spacial score (nSPS) is 24.7. The Labute approximate surface area is 193 Å². The third kappa shape index (κ3) is 3.84. The molecule has 1 amide bonds. The lowest BCUT2D eigenvalue weighted by atomic mass is 9.73. The van der Waals surface area contributed by atoms with E-state index in [0.29, 0.717) is 35.9 Å². The first kappa shape index (κ1) is 22.2. The van der Waals surface area contributed by atoms with E-state index in [9.17, 15) is 18.4 Å². The van der Waals surface area contributed by atoms with Crippen LogP contribution >= 0.6 is 0 Å². The number of nitrogens with one attached hydrogen (secondary N) is 1. The van der Waals surface area contributed by atoms with Crippen LogP contribution in [0.4, 0.5) is 13.6 Å². The third-order valence-corrected chi connectivity index (χ3v) is 6.94. The van der Waals surface area contributed by atoms with Crippen molar-refractivity contribution in [3.05, 3.63) is 42.0 Å². The Kier molecular flexibility index (Phi) is 5.41. The average Bonchev–Trinajstić information content (AvgIpc) is 3.29. The van der Waals surface area contributed by atoms with Crippen molar-refractivity contribution in [2.75, 3.05) is 6.54 Å². The number of halogens is 2. The maximum absolute atomic E-state index is 14.7. The van der Waals surface area contributed by atoms with Crippen molar-refractivity contribution in [2.24, 2.45) is 5.92 Å². The molecule has 1 saturated carbocycles. The Morgan fingerprint density at radius 3 is 2.97 bits per heavy atom. The highest BCUT2D eigenvalue weighted by Crippen LogP contribution is 2.44. The summed E-state index contributed by atoms with van der Waals surface area (Å²) in [7, 11) is 0. The van der Waals surface area contributed by atoms with Crippen LogP contribution in [0.1, 0.15) is 38.3 Å². The van der Waals surface area contributed by atoms with Gasteiger partial charge >= 0.3 is 12.1 Å². The predicted octanol–water partition coefficient (Wildman–Crippen LogP) is 3.69. The summed E-state index contributed by atoms with van der Waals surface area (Å²) in [4.78, 5) is 40.2. The average molecular weight is 471 g/mol. The number of carboxylic acids is 1. The molecule has 0 bridgehead atoms. The minimum Gasteiger partial charge on any atom is -0.480 e. The number of rotatable bonds is 5. The minimum absolute atomic E-state index is 0.0203. The molecule has 4 heterocycles. The predicted molar refractivity (Wildman–Crippen MR) is 116 cm³/mol. The maximum Gasteiger partial charge on any atom is 0.411 e. The molecule has 3 aromatic heterocycles. The quantitative estimate of drug-likeness (QED) is 0.582. The molecule has 5 rings (SSSR count). The Balaban J connectivity index is 1.39. The monoisotopic (exact) mass is 471 g/mol. The topological polar surface area (TPSA) is 121 Å². The largest absolute Gasteiger partial charge is 0.480 e. The van der Waals surface area contributed by atoms with E-state index in [-0.39, 0.29) is 17.4 Å². The zero-order valence-electron chi connectivity index (χ0n) is 18.4. The number of fused-ring (bicyclic) bond motifs is 1. The van der Waals surface area contributed by atoms with E-state index < -0.39 is 41.9 Å². The maximum atomic E-state index is 14.7. The number of ether oxygens (including phenoxy) is 1. The fourth-order valence-corrected chi connectivity index (χ4v) is 5.25. The molecule has 2 N–H and O–H groups in total. The molecule has 2 aliphatic rings. The lowest BCUT2D eigenvalue weighted by molar-refractivity contribution is -0.138. The number of hydrogen-bond donors (Lipinski definition) is 2. The van der Waals surface area contributed by atoms with Gasteiger partial charge in [0.1, 0.15) is 23.6 Å². The lowest BCUT2D eigenvalue weighted by Crippen LogP contribution is -2.48. The molecule has 1 unspecified atom stereocenters. The molecule has 11 heteroatoms. The van der Waals surface area contributed by atoms with Gasteiger partial charge in [0.05, 0.1) is 24.1 Å². The Bertz CT molecular complexity index is 1280. The second kappa shape index (κ2) is 8.30. The molecule has 1 spiro atoms. The van der Waals surface area contributed by atoms with E-state index in [1.54, 1.807) is 13.1 Å². The van der Waals surface area contributed by atoms with Crippen LogP contribution in [0.15, 0.2) is 24.7 Å². The molecule has 1 aliphatic heterocycles. The number of aliphatic carboxylic acids is 1. The molecule has 3 atom stereocenters. The fraction of sp³-hybridized carbons (Fsp3) is 0.435. The number of amides is 1.